The Morgan fingerprint density at radius 1 is 1.69 bits per heavy atom. The minimum atomic E-state index is -0.576. The van der Waals surface area contributed by atoms with Crippen molar-refractivity contribution in [1.29, 1.82) is 0 Å². The van der Waals surface area contributed by atoms with E-state index in [1.54, 1.807) is 0 Å². The van der Waals surface area contributed by atoms with Crippen LogP contribution in [0.15, 0.2) is 10.9 Å². The first-order chi connectivity index (χ1) is 5.58. The van der Waals surface area contributed by atoms with Gasteiger partial charge in [0.05, 0.1) is 12.1 Å². The standard InChI is InChI=1S/C6H6ClN3O2.ClH/c7-4(11)1-3-2-5(12)10-6(8)9-3;/h2H,1H2,(H3,8,9,10,12);1H. The van der Waals surface area contributed by atoms with Gasteiger partial charge >= 0.3 is 0 Å². The molecule has 3 N–H and O–H groups in total. The molecule has 0 saturated heterocycles. The lowest BCUT2D eigenvalue weighted by Gasteiger charge is -1.95. The van der Waals surface area contributed by atoms with Gasteiger partial charge in [0, 0.05) is 6.07 Å². The first-order valence-corrected chi connectivity index (χ1v) is 3.50. The molecule has 13 heavy (non-hydrogen) atoms. The van der Waals surface area contributed by atoms with E-state index >= 15 is 0 Å². The molecule has 1 aromatic heterocycles. The fourth-order valence-corrected chi connectivity index (χ4v) is 0.898. The summed E-state index contributed by atoms with van der Waals surface area (Å²) in [7, 11) is 0. The van der Waals surface area contributed by atoms with Crippen molar-refractivity contribution in [2.75, 3.05) is 5.73 Å². The van der Waals surface area contributed by atoms with Crippen molar-refractivity contribution in [3.05, 3.63) is 22.1 Å². The average Bonchev–Trinajstić information content (AvgIpc) is 1.81. The molecule has 1 rings (SSSR count). The highest BCUT2D eigenvalue weighted by Crippen LogP contribution is 1.96. The van der Waals surface area contributed by atoms with Gasteiger partial charge in [0.1, 0.15) is 0 Å². The Kier molecular flexibility index (Phi) is 4.44. The molecule has 0 spiro atoms. The topological polar surface area (TPSA) is 88.8 Å². The van der Waals surface area contributed by atoms with E-state index in [9.17, 15) is 9.59 Å². The minimum absolute atomic E-state index is 0. The Morgan fingerprint density at radius 2 is 2.31 bits per heavy atom. The van der Waals surface area contributed by atoms with Crippen molar-refractivity contribution in [3.8, 4) is 0 Å². The molecule has 5 nitrogen and oxygen atoms in total. The summed E-state index contributed by atoms with van der Waals surface area (Å²) in [6.45, 7) is 0. The lowest BCUT2D eigenvalue weighted by Crippen LogP contribution is -2.13. The second-order valence-corrected chi connectivity index (χ2v) is 2.58. The number of carbonyl (C=O) groups is 1. The highest BCUT2D eigenvalue weighted by atomic mass is 35.5. The van der Waals surface area contributed by atoms with Gasteiger partial charge in [-0.15, -0.1) is 12.4 Å². The van der Waals surface area contributed by atoms with Crippen molar-refractivity contribution in [1.82, 2.24) is 9.97 Å². The second-order valence-electron chi connectivity index (χ2n) is 2.15. The molecule has 0 bridgehead atoms. The molecule has 7 heteroatoms. The monoisotopic (exact) mass is 223 g/mol. The van der Waals surface area contributed by atoms with Crippen molar-refractivity contribution in [2.45, 2.75) is 6.42 Å². The van der Waals surface area contributed by atoms with Crippen LogP contribution in [0.5, 0.6) is 0 Å². The van der Waals surface area contributed by atoms with E-state index in [1.165, 1.54) is 6.07 Å². The van der Waals surface area contributed by atoms with E-state index in [1.807, 2.05) is 0 Å². The number of nitrogen functional groups attached to an aromatic ring is 1. The zero-order chi connectivity index (χ0) is 9.14. The highest BCUT2D eigenvalue weighted by molar-refractivity contribution is 6.63. The third-order valence-corrected chi connectivity index (χ3v) is 1.27. The molecule has 0 aliphatic rings. The molecule has 0 radical (unpaired) electrons. The van der Waals surface area contributed by atoms with Gasteiger partial charge in [-0.1, -0.05) is 0 Å². The van der Waals surface area contributed by atoms with Crippen LogP contribution in [0, 0.1) is 0 Å². The number of nitrogens with one attached hydrogen (secondary N) is 1. The maximum Gasteiger partial charge on any atom is 0.252 e. The number of anilines is 1. The van der Waals surface area contributed by atoms with E-state index in [0.717, 1.165) is 0 Å². The molecule has 0 aliphatic heterocycles. The Hall–Kier alpha value is -1.07. The first-order valence-electron chi connectivity index (χ1n) is 3.12. The quantitative estimate of drug-likeness (QED) is 0.696. The molecule has 0 aromatic carbocycles. The number of rotatable bonds is 2. The molecule has 0 aliphatic carbocycles. The number of aromatic amines is 1. The van der Waals surface area contributed by atoms with E-state index in [-0.39, 0.29) is 30.5 Å². The Labute approximate surface area is 84.7 Å². The third kappa shape index (κ3) is 3.91. The lowest BCUT2D eigenvalue weighted by molar-refractivity contribution is -0.111. The Balaban J connectivity index is 0.00000144. The van der Waals surface area contributed by atoms with Crippen molar-refractivity contribution in [3.63, 3.8) is 0 Å². The van der Waals surface area contributed by atoms with Crippen LogP contribution in [-0.4, -0.2) is 15.2 Å². The van der Waals surface area contributed by atoms with Gasteiger partial charge < -0.3 is 5.73 Å². The molecule has 0 unspecified atom stereocenters. The second kappa shape index (κ2) is 4.84. The van der Waals surface area contributed by atoms with Gasteiger partial charge in [-0.3, -0.25) is 14.6 Å². The number of hydrogen-bond donors (Lipinski definition) is 2. The van der Waals surface area contributed by atoms with Gasteiger partial charge in [0.25, 0.3) is 5.56 Å². The zero-order valence-corrected chi connectivity index (χ0v) is 7.98. The number of halogens is 2. The van der Waals surface area contributed by atoms with Gasteiger partial charge in [-0.2, -0.15) is 0 Å². The fourth-order valence-electron chi connectivity index (χ4n) is 0.762. The summed E-state index contributed by atoms with van der Waals surface area (Å²) in [6, 6.07) is 1.18. The summed E-state index contributed by atoms with van der Waals surface area (Å²) in [6.07, 6.45) is -0.0876. The van der Waals surface area contributed by atoms with Crippen LogP contribution in [0.3, 0.4) is 0 Å². The van der Waals surface area contributed by atoms with Gasteiger partial charge in [-0.25, -0.2) is 4.98 Å². The van der Waals surface area contributed by atoms with Crippen LogP contribution in [-0.2, 0) is 11.2 Å². The maximum atomic E-state index is 10.8. The van der Waals surface area contributed by atoms with Crippen molar-refractivity contribution < 1.29 is 4.79 Å². The zero-order valence-electron chi connectivity index (χ0n) is 6.41. The molecule has 1 heterocycles. The van der Waals surface area contributed by atoms with Crippen LogP contribution >= 0.6 is 24.0 Å². The summed E-state index contributed by atoms with van der Waals surface area (Å²) < 4.78 is 0. The largest absolute Gasteiger partial charge is 0.369 e. The van der Waals surface area contributed by atoms with Gasteiger partial charge in [-0.05, 0) is 11.6 Å². The van der Waals surface area contributed by atoms with Crippen LogP contribution in [0.4, 0.5) is 5.95 Å². The lowest BCUT2D eigenvalue weighted by atomic mass is 10.3. The molecule has 0 saturated carbocycles. The predicted octanol–water partition coefficient (Wildman–Crippen LogP) is 0.0818. The molecule has 0 amide bonds. The predicted molar refractivity (Wildman–Crippen MR) is 51.1 cm³/mol. The summed E-state index contributed by atoms with van der Waals surface area (Å²) in [5.74, 6) is -0.0181. The number of H-pyrrole nitrogens is 1. The average molecular weight is 224 g/mol. The molecular weight excluding hydrogens is 217 g/mol. The summed E-state index contributed by atoms with van der Waals surface area (Å²) in [5, 5.41) is -0.576. The number of hydrogen-bond acceptors (Lipinski definition) is 4. The van der Waals surface area contributed by atoms with Crippen LogP contribution < -0.4 is 11.3 Å². The van der Waals surface area contributed by atoms with E-state index < -0.39 is 10.8 Å². The smallest absolute Gasteiger partial charge is 0.252 e. The number of nitrogens with zero attached hydrogens (tertiary/aromatic N) is 1. The molecule has 0 fully saturated rings. The van der Waals surface area contributed by atoms with Crippen molar-refractivity contribution in [2.24, 2.45) is 0 Å². The summed E-state index contributed by atoms with van der Waals surface area (Å²) in [5.41, 5.74) is 5.10. The Morgan fingerprint density at radius 3 is 2.77 bits per heavy atom. The maximum absolute atomic E-state index is 10.8. The SMILES string of the molecule is Cl.Nc1nc(CC(=O)Cl)cc(=O)[nH]1. The molecule has 1 aromatic rings. The third-order valence-electron chi connectivity index (χ3n) is 1.13. The van der Waals surface area contributed by atoms with E-state index in [4.69, 9.17) is 17.3 Å². The van der Waals surface area contributed by atoms with Crippen LogP contribution in [0.2, 0.25) is 0 Å². The van der Waals surface area contributed by atoms with Gasteiger partial charge in [0.2, 0.25) is 11.2 Å². The summed E-state index contributed by atoms with van der Waals surface area (Å²) in [4.78, 5) is 27.1. The fraction of sp³-hybridized carbons (Fsp3) is 0.167. The van der Waals surface area contributed by atoms with Gasteiger partial charge in [0.15, 0.2) is 0 Å². The highest BCUT2D eigenvalue weighted by Gasteiger charge is 2.02. The molecular formula is C6H7Cl2N3O2. The minimum Gasteiger partial charge on any atom is -0.369 e. The van der Waals surface area contributed by atoms with Crippen LogP contribution in [0.25, 0.3) is 0 Å². The number of nitrogens with two attached hydrogens (primary N) is 1. The Bertz CT molecular complexity index is 363. The summed E-state index contributed by atoms with van der Waals surface area (Å²) >= 11 is 5.09. The van der Waals surface area contributed by atoms with E-state index in [2.05, 4.69) is 9.97 Å². The van der Waals surface area contributed by atoms with Crippen molar-refractivity contribution >= 4 is 35.2 Å². The molecule has 0 atom stereocenters. The van der Waals surface area contributed by atoms with E-state index in [0.29, 0.717) is 0 Å². The number of aromatic nitrogens is 2. The van der Waals surface area contributed by atoms with Crippen LogP contribution in [0.1, 0.15) is 5.69 Å². The normalized spacial score (nSPS) is 9.00. The first kappa shape index (κ1) is 11.9. The number of carbonyl (C=O) groups excluding carboxylic acids is 1. The molecule has 72 valence electrons.